The van der Waals surface area contributed by atoms with Crippen molar-refractivity contribution in [2.24, 2.45) is 0 Å². The zero-order valence-electron chi connectivity index (χ0n) is 18.2. The normalized spacial score (nSPS) is 15.6. The summed E-state index contributed by atoms with van der Waals surface area (Å²) in [6.07, 6.45) is 1.77. The molecule has 1 N–H and O–H groups in total. The third kappa shape index (κ3) is 6.08. The van der Waals surface area contributed by atoms with E-state index in [0.717, 1.165) is 19.3 Å². The maximum absolute atomic E-state index is 12.7. The maximum atomic E-state index is 12.7. The quantitative estimate of drug-likeness (QED) is 0.608. The highest BCUT2D eigenvalue weighted by molar-refractivity contribution is 7.89. The average molecular weight is 461 g/mol. The second-order valence-electron chi connectivity index (χ2n) is 7.64. The number of anilines is 1. The van der Waals surface area contributed by atoms with Crippen LogP contribution in [0.5, 0.6) is 5.75 Å². The number of methoxy groups -OCH3 is 1. The van der Waals surface area contributed by atoms with E-state index in [9.17, 15) is 18.0 Å². The van der Waals surface area contributed by atoms with Gasteiger partial charge in [0.2, 0.25) is 10.0 Å². The van der Waals surface area contributed by atoms with E-state index in [1.165, 1.54) is 35.5 Å². The van der Waals surface area contributed by atoms with Crippen LogP contribution in [0.25, 0.3) is 0 Å². The molecule has 1 aliphatic heterocycles. The number of carbonyl (C=O) groups is 2. The number of rotatable bonds is 8. The highest BCUT2D eigenvalue weighted by Gasteiger charge is 2.26. The van der Waals surface area contributed by atoms with Gasteiger partial charge in [0.15, 0.2) is 6.10 Å². The third-order valence-corrected chi connectivity index (χ3v) is 7.15. The molecule has 0 bridgehead atoms. The van der Waals surface area contributed by atoms with E-state index in [4.69, 9.17) is 9.47 Å². The van der Waals surface area contributed by atoms with Crippen LogP contribution < -0.4 is 10.1 Å². The van der Waals surface area contributed by atoms with Crippen LogP contribution >= 0.6 is 0 Å². The Kier molecular flexibility index (Phi) is 7.87. The van der Waals surface area contributed by atoms with Crippen molar-refractivity contribution in [2.45, 2.75) is 43.6 Å². The van der Waals surface area contributed by atoms with Gasteiger partial charge in [-0.2, -0.15) is 4.31 Å². The van der Waals surface area contributed by atoms with Gasteiger partial charge in [0.25, 0.3) is 5.91 Å². The lowest BCUT2D eigenvalue weighted by Crippen LogP contribution is -2.35. The number of hydrogen-bond donors (Lipinski definition) is 1. The summed E-state index contributed by atoms with van der Waals surface area (Å²) in [5, 5.41) is 2.64. The monoisotopic (exact) mass is 460 g/mol. The largest absolute Gasteiger partial charge is 0.497 e. The molecular weight excluding hydrogens is 432 g/mol. The van der Waals surface area contributed by atoms with Crippen molar-refractivity contribution in [1.29, 1.82) is 0 Å². The summed E-state index contributed by atoms with van der Waals surface area (Å²) < 4.78 is 37.3. The molecule has 32 heavy (non-hydrogen) atoms. The summed E-state index contributed by atoms with van der Waals surface area (Å²) in [5.41, 5.74) is 1.13. The zero-order valence-corrected chi connectivity index (χ0v) is 19.1. The van der Waals surface area contributed by atoms with Gasteiger partial charge in [0, 0.05) is 18.8 Å². The third-order valence-electron chi connectivity index (χ3n) is 5.23. The highest BCUT2D eigenvalue weighted by Crippen LogP contribution is 2.22. The first-order chi connectivity index (χ1) is 15.3. The molecule has 1 unspecified atom stereocenters. The fraction of sp³-hybridized carbons (Fsp3) is 0.391. The van der Waals surface area contributed by atoms with Crippen LogP contribution in [0.1, 0.15) is 31.7 Å². The van der Waals surface area contributed by atoms with Gasteiger partial charge in [-0.15, -0.1) is 0 Å². The van der Waals surface area contributed by atoms with Crippen molar-refractivity contribution in [3.8, 4) is 5.75 Å². The fourth-order valence-electron chi connectivity index (χ4n) is 3.45. The molecule has 0 radical (unpaired) electrons. The molecule has 1 atom stereocenters. The lowest BCUT2D eigenvalue weighted by molar-refractivity contribution is -0.152. The number of piperidine rings is 1. The molecule has 3 rings (SSSR count). The van der Waals surface area contributed by atoms with Gasteiger partial charge in [-0.05, 0) is 61.7 Å². The van der Waals surface area contributed by atoms with Gasteiger partial charge in [-0.25, -0.2) is 8.42 Å². The van der Waals surface area contributed by atoms with Crippen LogP contribution in [-0.4, -0.2) is 50.9 Å². The van der Waals surface area contributed by atoms with Gasteiger partial charge < -0.3 is 14.8 Å². The van der Waals surface area contributed by atoms with Gasteiger partial charge in [-0.3, -0.25) is 9.59 Å². The SMILES string of the molecule is COc1cccc(CC(=O)OC(C)C(=O)Nc2ccc(S(=O)(=O)N3CCCCC3)cc2)c1. The van der Waals surface area contributed by atoms with Gasteiger partial charge >= 0.3 is 5.97 Å². The maximum Gasteiger partial charge on any atom is 0.311 e. The minimum absolute atomic E-state index is 0.0118. The Morgan fingerprint density at radius 1 is 1.06 bits per heavy atom. The Morgan fingerprint density at radius 3 is 2.41 bits per heavy atom. The van der Waals surface area contributed by atoms with E-state index in [-0.39, 0.29) is 11.3 Å². The molecule has 1 amide bonds. The minimum atomic E-state index is -3.53. The predicted octanol–water partition coefficient (Wildman–Crippen LogP) is 2.98. The van der Waals surface area contributed by atoms with Gasteiger partial charge in [0.05, 0.1) is 18.4 Å². The molecule has 0 aromatic heterocycles. The van der Waals surface area contributed by atoms with Crippen LogP contribution in [0, 0.1) is 0 Å². The van der Waals surface area contributed by atoms with E-state index in [0.29, 0.717) is 30.1 Å². The molecule has 1 aliphatic rings. The number of ether oxygens (including phenoxy) is 2. The summed E-state index contributed by atoms with van der Waals surface area (Å²) in [7, 11) is -1.99. The number of sulfonamides is 1. The Hall–Kier alpha value is -2.91. The Bertz CT molecular complexity index is 1050. The molecule has 1 saturated heterocycles. The van der Waals surface area contributed by atoms with Crippen molar-refractivity contribution in [1.82, 2.24) is 4.31 Å². The summed E-state index contributed by atoms with van der Waals surface area (Å²) in [6.45, 7) is 2.53. The second kappa shape index (κ2) is 10.6. The molecule has 0 saturated carbocycles. The number of nitrogens with one attached hydrogen (secondary N) is 1. The number of esters is 1. The molecule has 2 aromatic rings. The molecule has 172 valence electrons. The zero-order chi connectivity index (χ0) is 23.1. The Labute approximate surface area is 188 Å². The number of nitrogens with zero attached hydrogens (tertiary/aromatic N) is 1. The summed E-state index contributed by atoms with van der Waals surface area (Å²) >= 11 is 0. The van der Waals surface area contributed by atoms with Crippen LogP contribution in [-0.2, 0) is 30.8 Å². The molecule has 1 heterocycles. The molecule has 0 aliphatic carbocycles. The fourth-order valence-corrected chi connectivity index (χ4v) is 4.97. The average Bonchev–Trinajstić information content (AvgIpc) is 2.80. The first-order valence-corrected chi connectivity index (χ1v) is 12.0. The summed E-state index contributed by atoms with van der Waals surface area (Å²) in [4.78, 5) is 24.8. The lowest BCUT2D eigenvalue weighted by atomic mass is 10.1. The molecule has 8 nitrogen and oxygen atoms in total. The van der Waals surface area contributed by atoms with E-state index >= 15 is 0 Å². The lowest BCUT2D eigenvalue weighted by Gasteiger charge is -2.25. The van der Waals surface area contributed by atoms with E-state index in [1.54, 1.807) is 31.4 Å². The van der Waals surface area contributed by atoms with E-state index < -0.39 is 28.0 Å². The van der Waals surface area contributed by atoms with E-state index in [2.05, 4.69) is 5.32 Å². The Morgan fingerprint density at radius 2 is 1.75 bits per heavy atom. The molecule has 2 aromatic carbocycles. The van der Waals surface area contributed by atoms with Crippen molar-refractivity contribution >= 4 is 27.6 Å². The van der Waals surface area contributed by atoms with Crippen molar-refractivity contribution in [3.05, 3.63) is 54.1 Å². The van der Waals surface area contributed by atoms with Crippen molar-refractivity contribution in [2.75, 3.05) is 25.5 Å². The van der Waals surface area contributed by atoms with Crippen LogP contribution in [0.2, 0.25) is 0 Å². The highest BCUT2D eigenvalue weighted by atomic mass is 32.2. The number of benzene rings is 2. The van der Waals surface area contributed by atoms with E-state index in [1.807, 2.05) is 0 Å². The molecular formula is C23H28N2O6S. The second-order valence-corrected chi connectivity index (χ2v) is 9.58. The minimum Gasteiger partial charge on any atom is -0.497 e. The van der Waals surface area contributed by atoms with Crippen LogP contribution in [0.4, 0.5) is 5.69 Å². The van der Waals surface area contributed by atoms with Crippen molar-refractivity contribution < 1.29 is 27.5 Å². The summed E-state index contributed by atoms with van der Waals surface area (Å²) in [5.74, 6) is -0.411. The standard InChI is InChI=1S/C23H28N2O6S/c1-17(31-22(26)16-18-7-6-8-20(15-18)30-2)23(27)24-19-9-11-21(12-10-19)32(28,29)25-13-4-3-5-14-25/h6-12,15,17H,3-5,13-14,16H2,1-2H3,(H,24,27). The van der Waals surface area contributed by atoms with Crippen molar-refractivity contribution in [3.63, 3.8) is 0 Å². The molecule has 1 fully saturated rings. The topological polar surface area (TPSA) is 102 Å². The van der Waals surface area contributed by atoms with Crippen LogP contribution in [0.15, 0.2) is 53.4 Å². The smallest absolute Gasteiger partial charge is 0.311 e. The Balaban J connectivity index is 1.54. The van der Waals surface area contributed by atoms with Crippen LogP contribution in [0.3, 0.4) is 0 Å². The first-order valence-electron chi connectivity index (χ1n) is 10.5. The summed E-state index contributed by atoms with van der Waals surface area (Å²) in [6, 6.07) is 13.0. The molecule has 0 spiro atoms. The number of amides is 1. The van der Waals surface area contributed by atoms with Gasteiger partial charge in [0.1, 0.15) is 5.75 Å². The predicted molar refractivity (Wildman–Crippen MR) is 120 cm³/mol. The first kappa shape index (κ1) is 23.7. The number of hydrogen-bond acceptors (Lipinski definition) is 6. The number of carbonyl (C=O) groups excluding carboxylic acids is 2. The molecule has 9 heteroatoms. The van der Waals surface area contributed by atoms with Gasteiger partial charge in [-0.1, -0.05) is 18.6 Å².